The molecule has 1 aliphatic heterocycles. The van der Waals surface area contributed by atoms with Crippen LogP contribution in [0.1, 0.15) is 31.5 Å². The second kappa shape index (κ2) is 7.95. The topological polar surface area (TPSA) is 117 Å². The molecule has 2 N–H and O–H groups in total. The van der Waals surface area contributed by atoms with E-state index in [1.54, 1.807) is 11.8 Å². The molecule has 4 amide bonds. The normalized spacial score (nSPS) is 17.5. The van der Waals surface area contributed by atoms with Gasteiger partial charge in [0.2, 0.25) is 11.8 Å². The van der Waals surface area contributed by atoms with Crippen LogP contribution >= 0.6 is 11.8 Å². The summed E-state index contributed by atoms with van der Waals surface area (Å²) >= 11 is 1.56. The van der Waals surface area contributed by atoms with Crippen LogP contribution in [0.5, 0.6) is 0 Å². The van der Waals surface area contributed by atoms with Gasteiger partial charge in [0.25, 0.3) is 5.91 Å². The highest BCUT2D eigenvalue weighted by Gasteiger charge is 2.38. The molecule has 9 nitrogen and oxygen atoms in total. The number of carbonyl (C=O) groups excluding carboxylic acids is 3. The Morgan fingerprint density at radius 2 is 2.26 bits per heavy atom. The van der Waals surface area contributed by atoms with E-state index in [4.69, 9.17) is 4.52 Å². The van der Waals surface area contributed by atoms with Gasteiger partial charge < -0.3 is 15.2 Å². The van der Waals surface area contributed by atoms with Gasteiger partial charge in [0.15, 0.2) is 5.82 Å². The molecular weight excluding hydrogens is 322 g/mol. The average Bonchev–Trinajstić information content (AvgIpc) is 3.06. The third-order valence-electron chi connectivity index (χ3n) is 3.16. The van der Waals surface area contributed by atoms with Crippen LogP contribution in [0.3, 0.4) is 0 Å². The summed E-state index contributed by atoms with van der Waals surface area (Å²) in [5.41, 5.74) is 0. The molecule has 2 heterocycles. The van der Waals surface area contributed by atoms with Gasteiger partial charge in [0, 0.05) is 6.54 Å². The largest absolute Gasteiger partial charge is 0.347 e. The van der Waals surface area contributed by atoms with Crippen molar-refractivity contribution >= 4 is 29.6 Å². The lowest BCUT2D eigenvalue weighted by Gasteiger charge is -2.11. The number of hydrogen-bond acceptors (Lipinski definition) is 7. The van der Waals surface area contributed by atoms with Crippen molar-refractivity contribution in [3.05, 3.63) is 11.7 Å². The highest BCUT2D eigenvalue weighted by atomic mass is 32.2. The van der Waals surface area contributed by atoms with Crippen molar-refractivity contribution in [3.63, 3.8) is 0 Å². The molecule has 1 aliphatic rings. The molecule has 0 saturated carbocycles. The van der Waals surface area contributed by atoms with Gasteiger partial charge in [-0.05, 0) is 12.7 Å². The van der Waals surface area contributed by atoms with Crippen molar-refractivity contribution in [1.29, 1.82) is 0 Å². The van der Waals surface area contributed by atoms with Gasteiger partial charge in [-0.1, -0.05) is 12.1 Å². The molecule has 23 heavy (non-hydrogen) atoms. The van der Waals surface area contributed by atoms with Crippen LogP contribution in [-0.4, -0.2) is 51.7 Å². The van der Waals surface area contributed by atoms with Crippen LogP contribution < -0.4 is 10.6 Å². The SMILES string of the molecule is CCCN1C(=O)NC(CC(=O)NCc2nc(CSC)no2)C1=O. The molecule has 1 saturated heterocycles. The standard InChI is InChI=1S/C13H19N5O4S/c1-3-4-18-12(20)8(15-13(18)21)5-10(19)14-6-11-16-9(7-23-2)17-22-11/h8H,3-7H2,1-2H3,(H,14,19)(H,15,21). The van der Waals surface area contributed by atoms with Crippen LogP contribution in [0.25, 0.3) is 0 Å². The lowest BCUT2D eigenvalue weighted by atomic mass is 10.2. The van der Waals surface area contributed by atoms with Crippen molar-refractivity contribution in [3.8, 4) is 0 Å². The maximum atomic E-state index is 12.0. The number of carbonyl (C=O) groups is 3. The summed E-state index contributed by atoms with van der Waals surface area (Å²) < 4.78 is 4.99. The molecule has 1 unspecified atom stereocenters. The highest BCUT2D eigenvalue weighted by Crippen LogP contribution is 2.10. The predicted octanol–water partition coefficient (Wildman–Crippen LogP) is 0.269. The van der Waals surface area contributed by atoms with Gasteiger partial charge in [0.05, 0.1) is 18.7 Å². The van der Waals surface area contributed by atoms with E-state index in [1.165, 1.54) is 0 Å². The molecule has 126 valence electrons. The first kappa shape index (κ1) is 17.3. The Bertz CT molecular complexity index is 591. The monoisotopic (exact) mass is 341 g/mol. The number of rotatable bonds is 8. The Kier molecular flexibility index (Phi) is 5.97. The number of aromatic nitrogens is 2. The molecule has 1 fully saturated rings. The van der Waals surface area contributed by atoms with Gasteiger partial charge in [0.1, 0.15) is 6.04 Å². The molecule has 0 aromatic carbocycles. The molecule has 0 spiro atoms. The first-order valence-electron chi connectivity index (χ1n) is 7.24. The van der Waals surface area contributed by atoms with Gasteiger partial charge in [-0.25, -0.2) is 4.79 Å². The van der Waals surface area contributed by atoms with Gasteiger partial charge in [-0.15, -0.1) is 0 Å². The number of imide groups is 1. The molecule has 0 radical (unpaired) electrons. The van der Waals surface area contributed by atoms with Crippen molar-refractivity contribution in [1.82, 2.24) is 25.7 Å². The smallest absolute Gasteiger partial charge is 0.324 e. The second-order valence-electron chi connectivity index (χ2n) is 5.01. The zero-order chi connectivity index (χ0) is 16.8. The molecular formula is C13H19N5O4S. The van der Waals surface area contributed by atoms with Crippen molar-refractivity contribution in [2.24, 2.45) is 0 Å². The summed E-state index contributed by atoms with van der Waals surface area (Å²) in [5.74, 6) is 0.762. The van der Waals surface area contributed by atoms with Crippen LogP contribution in [0.4, 0.5) is 4.79 Å². The minimum Gasteiger partial charge on any atom is -0.347 e. The van der Waals surface area contributed by atoms with E-state index < -0.39 is 12.1 Å². The first-order valence-corrected chi connectivity index (χ1v) is 8.63. The number of hydrogen-bond donors (Lipinski definition) is 2. The maximum Gasteiger partial charge on any atom is 0.324 e. The number of nitrogens with one attached hydrogen (secondary N) is 2. The van der Waals surface area contributed by atoms with Crippen LogP contribution in [-0.2, 0) is 21.9 Å². The van der Waals surface area contributed by atoms with Crippen molar-refractivity contribution < 1.29 is 18.9 Å². The van der Waals surface area contributed by atoms with Gasteiger partial charge in [-0.3, -0.25) is 14.5 Å². The second-order valence-corrected chi connectivity index (χ2v) is 5.88. The summed E-state index contributed by atoms with van der Waals surface area (Å²) in [6.07, 6.45) is 2.48. The zero-order valence-corrected chi connectivity index (χ0v) is 13.8. The van der Waals surface area contributed by atoms with Gasteiger partial charge >= 0.3 is 6.03 Å². The minimum atomic E-state index is -0.816. The van der Waals surface area contributed by atoms with Crippen molar-refractivity contribution in [2.75, 3.05) is 12.8 Å². The predicted molar refractivity (Wildman–Crippen MR) is 82.3 cm³/mol. The Morgan fingerprint density at radius 1 is 1.48 bits per heavy atom. The summed E-state index contributed by atoms with van der Waals surface area (Å²) in [7, 11) is 0. The Hall–Kier alpha value is -2.10. The fourth-order valence-corrected chi connectivity index (χ4v) is 2.51. The molecule has 1 atom stereocenters. The van der Waals surface area contributed by atoms with Crippen LogP contribution in [0.2, 0.25) is 0 Å². The van der Waals surface area contributed by atoms with E-state index in [1.807, 2.05) is 13.2 Å². The number of nitrogens with zero attached hydrogens (tertiary/aromatic N) is 3. The van der Waals surface area contributed by atoms with E-state index in [2.05, 4.69) is 20.8 Å². The average molecular weight is 341 g/mol. The van der Waals surface area contributed by atoms with E-state index >= 15 is 0 Å². The number of urea groups is 1. The quantitative estimate of drug-likeness (QED) is 0.652. The molecule has 1 aromatic heterocycles. The summed E-state index contributed by atoms with van der Waals surface area (Å²) in [6, 6.07) is -1.27. The van der Waals surface area contributed by atoms with Crippen LogP contribution in [0, 0.1) is 0 Å². The Labute approximate surface area is 137 Å². The van der Waals surface area contributed by atoms with Crippen molar-refractivity contribution in [2.45, 2.75) is 38.1 Å². The summed E-state index contributed by atoms with van der Waals surface area (Å²) in [5, 5.41) is 8.87. The highest BCUT2D eigenvalue weighted by molar-refractivity contribution is 7.97. The van der Waals surface area contributed by atoms with Crippen LogP contribution in [0.15, 0.2) is 4.52 Å². The lowest BCUT2D eigenvalue weighted by Crippen LogP contribution is -2.36. The van der Waals surface area contributed by atoms with E-state index in [0.29, 0.717) is 30.4 Å². The number of thioether (sulfide) groups is 1. The lowest BCUT2D eigenvalue weighted by molar-refractivity contribution is -0.130. The van der Waals surface area contributed by atoms with E-state index in [-0.39, 0.29) is 24.8 Å². The minimum absolute atomic E-state index is 0.0910. The molecule has 2 rings (SSSR count). The van der Waals surface area contributed by atoms with Gasteiger partial charge in [-0.2, -0.15) is 16.7 Å². The summed E-state index contributed by atoms with van der Waals surface area (Å²) in [6.45, 7) is 2.31. The zero-order valence-electron chi connectivity index (χ0n) is 13.0. The molecule has 1 aromatic rings. The fourth-order valence-electron chi connectivity index (χ4n) is 2.13. The molecule has 0 aliphatic carbocycles. The Balaban J connectivity index is 1.80. The summed E-state index contributed by atoms with van der Waals surface area (Å²) in [4.78, 5) is 40.8. The third-order valence-corrected chi connectivity index (χ3v) is 3.71. The fraction of sp³-hybridized carbons (Fsp3) is 0.615. The Morgan fingerprint density at radius 3 is 2.96 bits per heavy atom. The third kappa shape index (κ3) is 4.44. The maximum absolute atomic E-state index is 12.0. The van der Waals surface area contributed by atoms with E-state index in [0.717, 1.165) is 4.90 Å². The molecule has 0 bridgehead atoms. The first-order chi connectivity index (χ1) is 11.0. The van der Waals surface area contributed by atoms with E-state index in [9.17, 15) is 14.4 Å². The number of amides is 4. The molecule has 10 heteroatoms.